The van der Waals surface area contributed by atoms with Crippen LogP contribution in [0.25, 0.3) is 12.2 Å². The third-order valence-corrected chi connectivity index (χ3v) is 6.15. The number of Topliss-reactive ketones (excluding diaryl/α,β-unsaturated/α-hetero) is 1. The van der Waals surface area contributed by atoms with Crippen molar-refractivity contribution < 1.29 is 23.9 Å². The highest BCUT2D eigenvalue weighted by molar-refractivity contribution is 6.35. The molecule has 2 aromatic carbocycles. The van der Waals surface area contributed by atoms with Gasteiger partial charge in [-0.05, 0) is 89.1 Å². The van der Waals surface area contributed by atoms with E-state index in [1.165, 1.54) is 12.2 Å². The molecule has 0 atom stereocenters. The van der Waals surface area contributed by atoms with E-state index in [-0.39, 0.29) is 24.4 Å². The number of rotatable bonds is 14. The molecule has 0 unspecified atom stereocenters. The van der Waals surface area contributed by atoms with Crippen molar-refractivity contribution in [3.05, 3.63) is 70.8 Å². The summed E-state index contributed by atoms with van der Waals surface area (Å²) >= 11 is 0. The highest BCUT2D eigenvalue weighted by Gasteiger charge is 2.28. The van der Waals surface area contributed by atoms with Gasteiger partial charge in [-0.3, -0.25) is 4.79 Å². The Bertz CT molecular complexity index is 1040. The maximum absolute atomic E-state index is 13.7. The van der Waals surface area contributed by atoms with Gasteiger partial charge in [-0.25, -0.2) is 9.59 Å². The van der Waals surface area contributed by atoms with E-state index in [0.717, 1.165) is 37.6 Å². The molecule has 0 aliphatic heterocycles. The zero-order valence-electron chi connectivity index (χ0n) is 23.5. The van der Waals surface area contributed by atoms with Gasteiger partial charge in [0.15, 0.2) is 0 Å². The zero-order valence-corrected chi connectivity index (χ0v) is 23.5. The number of ether oxygens (including phenoxy) is 2. The molecule has 0 heterocycles. The summed E-state index contributed by atoms with van der Waals surface area (Å²) in [5.41, 5.74) is 2.89. The van der Waals surface area contributed by atoms with Gasteiger partial charge in [-0.15, -0.1) is 0 Å². The van der Waals surface area contributed by atoms with Gasteiger partial charge in [0.2, 0.25) is 5.78 Å². The summed E-state index contributed by atoms with van der Waals surface area (Å²) in [5.74, 6) is -2.34. The number of ketones is 1. The Labute approximate surface area is 226 Å². The Morgan fingerprint density at radius 1 is 0.579 bits per heavy atom. The Balaban J connectivity index is 2.53. The third kappa shape index (κ3) is 8.07. The number of anilines is 2. The number of carbonyl (C=O) groups excluding carboxylic acids is 3. The Morgan fingerprint density at radius 2 is 0.895 bits per heavy atom. The average molecular weight is 521 g/mol. The lowest BCUT2D eigenvalue weighted by atomic mass is 9.98. The van der Waals surface area contributed by atoms with Gasteiger partial charge in [-0.1, -0.05) is 24.3 Å². The molecule has 0 aromatic heterocycles. The van der Waals surface area contributed by atoms with Crippen LogP contribution < -0.4 is 9.80 Å². The Hall–Kier alpha value is -3.87. The minimum absolute atomic E-state index is 0.0929. The van der Waals surface area contributed by atoms with Crippen molar-refractivity contribution in [3.8, 4) is 0 Å². The van der Waals surface area contributed by atoms with Crippen LogP contribution in [0.3, 0.4) is 0 Å². The summed E-state index contributed by atoms with van der Waals surface area (Å²) in [6.45, 7) is 15.3. The van der Waals surface area contributed by atoms with E-state index in [0.29, 0.717) is 11.1 Å². The molecule has 2 aromatic rings. The quantitative estimate of drug-likeness (QED) is 0.140. The summed E-state index contributed by atoms with van der Waals surface area (Å²) in [5, 5.41) is 0. The second kappa shape index (κ2) is 15.4. The first kappa shape index (κ1) is 30.4. The first-order valence-corrected chi connectivity index (χ1v) is 13.4. The van der Waals surface area contributed by atoms with Gasteiger partial charge in [0, 0.05) is 37.6 Å². The summed E-state index contributed by atoms with van der Waals surface area (Å²) in [7, 11) is 0. The molecule has 0 fully saturated rings. The molecule has 0 amide bonds. The normalized spacial score (nSPS) is 11.6. The van der Waals surface area contributed by atoms with Crippen molar-refractivity contribution >= 4 is 41.2 Å². The van der Waals surface area contributed by atoms with Crippen molar-refractivity contribution in [2.45, 2.75) is 41.5 Å². The van der Waals surface area contributed by atoms with Crippen molar-refractivity contribution in [1.29, 1.82) is 0 Å². The van der Waals surface area contributed by atoms with Crippen LogP contribution in [0, 0.1) is 0 Å². The lowest BCUT2D eigenvalue weighted by Crippen LogP contribution is -2.23. The number of benzene rings is 2. The minimum atomic E-state index is -0.794. The molecule has 0 radical (unpaired) electrons. The molecule has 7 nitrogen and oxygen atoms in total. The molecule has 7 heteroatoms. The molecular weight excluding hydrogens is 480 g/mol. The van der Waals surface area contributed by atoms with E-state index in [1.54, 1.807) is 13.8 Å². The number of hydrogen-bond donors (Lipinski definition) is 0. The van der Waals surface area contributed by atoms with Crippen molar-refractivity contribution in [2.75, 3.05) is 49.2 Å². The van der Waals surface area contributed by atoms with E-state index < -0.39 is 17.7 Å². The highest BCUT2D eigenvalue weighted by Crippen LogP contribution is 2.22. The highest BCUT2D eigenvalue weighted by atomic mass is 16.5. The van der Waals surface area contributed by atoms with E-state index in [9.17, 15) is 14.4 Å². The van der Waals surface area contributed by atoms with E-state index in [4.69, 9.17) is 9.47 Å². The lowest BCUT2D eigenvalue weighted by Gasteiger charge is -2.21. The van der Waals surface area contributed by atoms with E-state index >= 15 is 0 Å². The molecule has 204 valence electrons. The molecule has 0 bridgehead atoms. The number of carbonyl (C=O) groups is 3. The first-order chi connectivity index (χ1) is 18.3. The molecule has 0 spiro atoms. The Kier molecular flexibility index (Phi) is 12.3. The van der Waals surface area contributed by atoms with Crippen LogP contribution in [0.2, 0.25) is 0 Å². The maximum Gasteiger partial charge on any atom is 0.342 e. The SMILES string of the molecule is CCOC(=O)C(=Cc1ccc(N(CC)CC)cc1)C(=O)C(=Cc1ccc(N(CC)CC)cc1)C(=O)OCC. The van der Waals surface area contributed by atoms with E-state index in [2.05, 4.69) is 37.5 Å². The van der Waals surface area contributed by atoms with Gasteiger partial charge in [0.1, 0.15) is 11.1 Å². The molecule has 0 saturated heterocycles. The van der Waals surface area contributed by atoms with Crippen LogP contribution in [-0.2, 0) is 23.9 Å². The first-order valence-electron chi connectivity index (χ1n) is 13.4. The van der Waals surface area contributed by atoms with Crippen LogP contribution in [0.4, 0.5) is 11.4 Å². The molecule has 2 rings (SSSR count). The summed E-state index contributed by atoms with van der Waals surface area (Å²) < 4.78 is 10.4. The predicted octanol–water partition coefficient (Wildman–Crippen LogP) is 5.54. The molecular formula is C31H40N2O5. The molecule has 38 heavy (non-hydrogen) atoms. The second-order valence-corrected chi connectivity index (χ2v) is 8.41. The number of hydrogen-bond acceptors (Lipinski definition) is 7. The fraction of sp³-hybridized carbons (Fsp3) is 0.387. The summed E-state index contributed by atoms with van der Waals surface area (Å²) in [6.07, 6.45) is 2.92. The smallest absolute Gasteiger partial charge is 0.342 e. The predicted molar refractivity (Wildman–Crippen MR) is 154 cm³/mol. The van der Waals surface area contributed by atoms with Gasteiger partial charge < -0.3 is 19.3 Å². The second-order valence-electron chi connectivity index (χ2n) is 8.41. The van der Waals surface area contributed by atoms with Gasteiger partial charge in [-0.2, -0.15) is 0 Å². The fourth-order valence-electron chi connectivity index (χ4n) is 4.07. The zero-order chi connectivity index (χ0) is 28.1. The van der Waals surface area contributed by atoms with E-state index in [1.807, 2.05) is 48.5 Å². The topological polar surface area (TPSA) is 76.2 Å². The number of nitrogens with zero attached hydrogens (tertiary/aromatic N) is 2. The molecule has 0 aliphatic rings. The largest absolute Gasteiger partial charge is 0.462 e. The minimum Gasteiger partial charge on any atom is -0.462 e. The molecule has 0 saturated carbocycles. The van der Waals surface area contributed by atoms with Gasteiger partial charge in [0.25, 0.3) is 0 Å². The van der Waals surface area contributed by atoms with Gasteiger partial charge in [0.05, 0.1) is 13.2 Å². The maximum atomic E-state index is 13.7. The lowest BCUT2D eigenvalue weighted by molar-refractivity contribution is -0.140. The number of esters is 2. The fourth-order valence-corrected chi connectivity index (χ4v) is 4.07. The molecule has 0 N–H and O–H groups in total. The Morgan fingerprint density at radius 3 is 1.16 bits per heavy atom. The van der Waals surface area contributed by atoms with Crippen molar-refractivity contribution in [3.63, 3.8) is 0 Å². The monoisotopic (exact) mass is 520 g/mol. The van der Waals surface area contributed by atoms with Crippen LogP contribution in [-0.4, -0.2) is 57.1 Å². The molecule has 0 aliphatic carbocycles. The van der Waals surface area contributed by atoms with Crippen molar-refractivity contribution in [1.82, 2.24) is 0 Å². The van der Waals surface area contributed by atoms with Crippen molar-refractivity contribution in [2.24, 2.45) is 0 Å². The summed E-state index contributed by atoms with van der Waals surface area (Å²) in [6, 6.07) is 15.1. The van der Waals surface area contributed by atoms with Crippen LogP contribution in [0.5, 0.6) is 0 Å². The van der Waals surface area contributed by atoms with Gasteiger partial charge >= 0.3 is 11.9 Å². The van der Waals surface area contributed by atoms with Crippen LogP contribution in [0.15, 0.2) is 59.7 Å². The summed E-state index contributed by atoms with van der Waals surface area (Å²) in [4.78, 5) is 43.8. The average Bonchev–Trinajstić information content (AvgIpc) is 2.93. The van der Waals surface area contributed by atoms with Crippen LogP contribution in [0.1, 0.15) is 52.7 Å². The standard InChI is InChI=1S/C31H40N2O5/c1-7-32(8-2)25-17-13-23(14-18-25)21-27(30(35)37-11-5)29(34)28(31(36)38-12-6)22-24-15-19-26(20-16-24)33(9-3)10-4/h13-22H,7-12H2,1-6H3. The third-order valence-electron chi connectivity index (χ3n) is 6.15. The van der Waals surface area contributed by atoms with Crippen LogP contribution >= 0.6 is 0 Å².